The van der Waals surface area contributed by atoms with Crippen LogP contribution in [-0.2, 0) is 33.5 Å². The number of imide groups is 2. The number of nitrogens with zero attached hydrogens (tertiary/aromatic N) is 2. The molecule has 0 spiro atoms. The molecule has 0 unspecified atom stereocenters. The lowest BCUT2D eigenvalue weighted by atomic mass is 10.0. The second-order valence-electron chi connectivity index (χ2n) is 11.1. The van der Waals surface area contributed by atoms with Gasteiger partial charge in [-0.25, -0.2) is 0 Å². The zero-order chi connectivity index (χ0) is 29.9. The number of carbonyl (C=O) groups excluding carboxylic acids is 6. The maximum atomic E-state index is 11.7. The molecular formula is C31H48N2O7. The van der Waals surface area contributed by atoms with Gasteiger partial charge in [-0.15, -0.1) is 0 Å². The van der Waals surface area contributed by atoms with Crippen LogP contribution in [0.3, 0.4) is 0 Å². The molecule has 0 atom stereocenters. The lowest BCUT2D eigenvalue weighted by Crippen LogP contribution is -2.31. The summed E-state index contributed by atoms with van der Waals surface area (Å²) < 4.78 is 5.38. The van der Waals surface area contributed by atoms with Crippen LogP contribution in [0.5, 0.6) is 0 Å². The Kier molecular flexibility index (Phi) is 17.6. The van der Waals surface area contributed by atoms with Gasteiger partial charge in [0.2, 0.25) is 0 Å². The summed E-state index contributed by atoms with van der Waals surface area (Å²) in [6, 6.07) is 0. The van der Waals surface area contributed by atoms with E-state index in [1.807, 2.05) is 0 Å². The summed E-state index contributed by atoms with van der Waals surface area (Å²) in [5.74, 6) is 0.569. The Bertz CT molecular complexity index is 811. The van der Waals surface area contributed by atoms with E-state index in [9.17, 15) is 28.8 Å². The van der Waals surface area contributed by atoms with Gasteiger partial charge in [0.1, 0.15) is 11.6 Å². The summed E-state index contributed by atoms with van der Waals surface area (Å²) in [5, 5.41) is 0. The lowest BCUT2D eigenvalue weighted by Gasteiger charge is -2.12. The first-order chi connectivity index (χ1) is 19.0. The van der Waals surface area contributed by atoms with Crippen LogP contribution < -0.4 is 0 Å². The van der Waals surface area contributed by atoms with E-state index in [1.165, 1.54) is 42.0 Å². The van der Waals surface area contributed by atoms with E-state index < -0.39 is 0 Å². The number of ether oxygens (including phenoxy) is 1. The Hall–Kier alpha value is -2.94. The van der Waals surface area contributed by atoms with Gasteiger partial charge in [0.05, 0.1) is 6.61 Å². The standard InChI is InChI=1S/C16H25NO3.C15H23NO4/c1-13(2)7-4-3-5-8-14(18)9-6-12-17-15(19)10-11-16(17)20;1-12(2)7-10-20-11-8-13(17)4-3-9-16-14(18)5-6-15(16)19/h10-11,13H,3-9,12H2,1-2H3;5-6,12H,3-4,7-11H2,1-2H3. The molecule has 0 radical (unpaired) electrons. The van der Waals surface area contributed by atoms with Crippen molar-refractivity contribution in [3.63, 3.8) is 0 Å². The van der Waals surface area contributed by atoms with E-state index in [2.05, 4.69) is 27.7 Å². The Morgan fingerprint density at radius 3 is 1.45 bits per heavy atom. The molecule has 2 heterocycles. The van der Waals surface area contributed by atoms with E-state index in [-0.39, 0.29) is 35.2 Å². The van der Waals surface area contributed by atoms with Gasteiger partial charge >= 0.3 is 0 Å². The summed E-state index contributed by atoms with van der Waals surface area (Å²) >= 11 is 0. The molecule has 224 valence electrons. The maximum Gasteiger partial charge on any atom is 0.253 e. The van der Waals surface area contributed by atoms with E-state index in [4.69, 9.17) is 4.74 Å². The van der Waals surface area contributed by atoms with Gasteiger partial charge < -0.3 is 4.74 Å². The molecule has 4 amide bonds. The van der Waals surface area contributed by atoms with Crippen LogP contribution in [0.2, 0.25) is 0 Å². The molecule has 0 fully saturated rings. The molecule has 0 aliphatic carbocycles. The Balaban J connectivity index is 0.000000400. The fraction of sp³-hybridized carbons (Fsp3) is 0.677. The van der Waals surface area contributed by atoms with Crippen molar-refractivity contribution in [1.82, 2.24) is 9.80 Å². The first-order valence-corrected chi connectivity index (χ1v) is 14.7. The van der Waals surface area contributed by atoms with Crippen LogP contribution in [0.15, 0.2) is 24.3 Å². The van der Waals surface area contributed by atoms with Crippen molar-refractivity contribution in [2.75, 3.05) is 26.3 Å². The van der Waals surface area contributed by atoms with Gasteiger partial charge in [-0.2, -0.15) is 0 Å². The van der Waals surface area contributed by atoms with E-state index in [0.717, 1.165) is 30.1 Å². The molecule has 9 nitrogen and oxygen atoms in total. The number of rotatable bonds is 20. The molecule has 2 rings (SSSR count). The van der Waals surface area contributed by atoms with Crippen molar-refractivity contribution in [2.45, 2.75) is 98.3 Å². The number of ketones is 2. The Morgan fingerprint density at radius 1 is 0.575 bits per heavy atom. The molecule has 40 heavy (non-hydrogen) atoms. The minimum Gasteiger partial charge on any atom is -0.381 e. The summed E-state index contributed by atoms with van der Waals surface area (Å²) in [6.07, 6.45) is 13.5. The average molecular weight is 561 g/mol. The number of hydrogen-bond acceptors (Lipinski definition) is 7. The highest BCUT2D eigenvalue weighted by Crippen LogP contribution is 2.12. The van der Waals surface area contributed by atoms with Crippen molar-refractivity contribution in [2.24, 2.45) is 11.8 Å². The van der Waals surface area contributed by atoms with E-state index in [0.29, 0.717) is 70.7 Å². The molecule has 0 saturated carbocycles. The van der Waals surface area contributed by atoms with Crippen molar-refractivity contribution in [3.8, 4) is 0 Å². The fourth-order valence-electron chi connectivity index (χ4n) is 4.08. The Morgan fingerprint density at radius 2 is 1.00 bits per heavy atom. The fourth-order valence-corrected chi connectivity index (χ4v) is 4.08. The molecule has 0 aromatic heterocycles. The van der Waals surface area contributed by atoms with Crippen molar-refractivity contribution >= 4 is 35.2 Å². The van der Waals surface area contributed by atoms with Crippen LogP contribution in [0, 0.1) is 11.8 Å². The summed E-state index contributed by atoms with van der Waals surface area (Å²) in [5.41, 5.74) is 0. The smallest absolute Gasteiger partial charge is 0.253 e. The highest BCUT2D eigenvalue weighted by atomic mass is 16.5. The summed E-state index contributed by atoms with van der Waals surface area (Å²) in [4.78, 5) is 70.7. The molecule has 0 aromatic carbocycles. The third-order valence-electron chi connectivity index (χ3n) is 6.58. The second-order valence-corrected chi connectivity index (χ2v) is 11.1. The van der Waals surface area contributed by atoms with Gasteiger partial charge in [-0.05, 0) is 37.5 Å². The van der Waals surface area contributed by atoms with Gasteiger partial charge in [-0.3, -0.25) is 38.6 Å². The van der Waals surface area contributed by atoms with Gasteiger partial charge in [-0.1, -0.05) is 47.0 Å². The predicted octanol–water partition coefficient (Wildman–Crippen LogP) is 4.58. The van der Waals surface area contributed by atoms with Crippen LogP contribution in [0.1, 0.15) is 98.3 Å². The molecule has 9 heteroatoms. The molecule has 0 bridgehead atoms. The molecular weight excluding hydrogens is 512 g/mol. The number of hydrogen-bond donors (Lipinski definition) is 0. The average Bonchev–Trinajstić information content (AvgIpc) is 3.38. The molecule has 2 aliphatic rings. The van der Waals surface area contributed by atoms with E-state index in [1.54, 1.807) is 0 Å². The SMILES string of the molecule is CC(C)CCCCCC(=O)CCCN1C(=O)C=CC1=O.CC(C)CCOCCC(=O)CCCN1C(=O)C=CC1=O. The molecule has 0 saturated heterocycles. The minimum atomic E-state index is -0.292. The third-order valence-corrected chi connectivity index (χ3v) is 6.58. The number of Topliss-reactive ketones (excluding diaryl/α,β-unsaturated/α-hetero) is 2. The lowest BCUT2D eigenvalue weighted by molar-refractivity contribution is -0.138. The highest BCUT2D eigenvalue weighted by molar-refractivity contribution is 6.13. The van der Waals surface area contributed by atoms with Crippen LogP contribution in [0.25, 0.3) is 0 Å². The van der Waals surface area contributed by atoms with Crippen molar-refractivity contribution in [3.05, 3.63) is 24.3 Å². The Labute approximate surface area is 239 Å². The van der Waals surface area contributed by atoms with Gasteiger partial charge in [0.15, 0.2) is 0 Å². The number of unbranched alkanes of at least 4 members (excludes halogenated alkanes) is 2. The monoisotopic (exact) mass is 560 g/mol. The molecule has 2 aliphatic heterocycles. The second kappa shape index (κ2) is 20.0. The largest absolute Gasteiger partial charge is 0.381 e. The minimum absolute atomic E-state index is 0.113. The van der Waals surface area contributed by atoms with Crippen molar-refractivity contribution in [1.29, 1.82) is 0 Å². The quantitative estimate of drug-likeness (QED) is 0.158. The highest BCUT2D eigenvalue weighted by Gasteiger charge is 2.23. The predicted molar refractivity (Wildman–Crippen MR) is 153 cm³/mol. The first-order valence-electron chi connectivity index (χ1n) is 14.7. The first kappa shape index (κ1) is 35.1. The summed E-state index contributed by atoms with van der Waals surface area (Å²) in [6.45, 7) is 10.5. The number of carbonyl (C=O) groups is 6. The van der Waals surface area contributed by atoms with E-state index >= 15 is 0 Å². The molecule has 0 N–H and O–H groups in total. The van der Waals surface area contributed by atoms with Crippen molar-refractivity contribution < 1.29 is 33.5 Å². The summed E-state index contributed by atoms with van der Waals surface area (Å²) in [7, 11) is 0. The normalized spacial score (nSPS) is 14.7. The van der Waals surface area contributed by atoms with Crippen LogP contribution in [0.4, 0.5) is 0 Å². The molecule has 0 aromatic rings. The van der Waals surface area contributed by atoms with Gasteiger partial charge in [0, 0.05) is 69.7 Å². The maximum absolute atomic E-state index is 11.7. The zero-order valence-corrected chi connectivity index (χ0v) is 24.8. The topological polar surface area (TPSA) is 118 Å². The van der Waals surface area contributed by atoms with Crippen LogP contribution >= 0.6 is 0 Å². The van der Waals surface area contributed by atoms with Crippen LogP contribution in [-0.4, -0.2) is 71.3 Å². The number of amides is 4. The van der Waals surface area contributed by atoms with Gasteiger partial charge in [0.25, 0.3) is 23.6 Å². The third kappa shape index (κ3) is 15.6. The zero-order valence-electron chi connectivity index (χ0n) is 24.8.